The van der Waals surface area contributed by atoms with Gasteiger partial charge in [-0.1, -0.05) is 36.4 Å². The van der Waals surface area contributed by atoms with Crippen molar-refractivity contribution in [3.8, 4) is 11.5 Å². The highest BCUT2D eigenvalue weighted by molar-refractivity contribution is 5.42. The van der Waals surface area contributed by atoms with E-state index in [0.717, 1.165) is 12.2 Å². The molecule has 1 aliphatic heterocycles. The Hall–Kier alpha value is -1.96. The smallest absolute Gasteiger partial charge is 0.126 e. The van der Waals surface area contributed by atoms with Gasteiger partial charge in [0.2, 0.25) is 0 Å². The van der Waals surface area contributed by atoms with Crippen LogP contribution < -0.4 is 4.74 Å². The van der Waals surface area contributed by atoms with Gasteiger partial charge in [-0.15, -0.1) is 0 Å². The molecule has 0 saturated heterocycles. The van der Waals surface area contributed by atoms with Crippen molar-refractivity contribution in [2.75, 3.05) is 6.61 Å². The maximum atomic E-state index is 9.39. The number of benzene rings is 2. The summed E-state index contributed by atoms with van der Waals surface area (Å²) in [4.78, 5) is 0. The average Bonchev–Trinajstić information content (AvgIpc) is 2.39. The van der Waals surface area contributed by atoms with Crippen LogP contribution in [0.5, 0.6) is 11.5 Å². The summed E-state index contributed by atoms with van der Waals surface area (Å²) in [5.41, 5.74) is 2.48. The van der Waals surface area contributed by atoms with Crippen LogP contribution in [0.15, 0.2) is 48.5 Å². The summed E-state index contributed by atoms with van der Waals surface area (Å²) < 4.78 is 5.71. The van der Waals surface area contributed by atoms with Gasteiger partial charge in [0, 0.05) is 12.0 Å². The van der Waals surface area contributed by atoms with Crippen molar-refractivity contribution >= 4 is 0 Å². The van der Waals surface area contributed by atoms with Crippen molar-refractivity contribution in [3.63, 3.8) is 0 Å². The van der Waals surface area contributed by atoms with Crippen LogP contribution in [0.1, 0.15) is 17.0 Å². The van der Waals surface area contributed by atoms with Gasteiger partial charge in [0.25, 0.3) is 0 Å². The summed E-state index contributed by atoms with van der Waals surface area (Å²) in [6, 6.07) is 15.8. The van der Waals surface area contributed by atoms with Crippen LogP contribution in [0.25, 0.3) is 0 Å². The maximum absolute atomic E-state index is 9.39. The second kappa shape index (κ2) is 4.13. The number of hydrogen-bond donors (Lipinski definition) is 1. The third kappa shape index (κ3) is 1.98. The van der Waals surface area contributed by atoms with Crippen LogP contribution in [-0.4, -0.2) is 11.7 Å². The molecule has 2 nitrogen and oxygen atoms in total. The van der Waals surface area contributed by atoms with E-state index in [4.69, 9.17) is 4.74 Å². The Labute approximate surface area is 100 Å². The molecule has 0 aliphatic carbocycles. The van der Waals surface area contributed by atoms with E-state index >= 15 is 0 Å². The Balaban J connectivity index is 1.88. The lowest BCUT2D eigenvalue weighted by Crippen LogP contribution is -2.18. The predicted molar refractivity (Wildman–Crippen MR) is 66.5 cm³/mol. The fourth-order valence-corrected chi connectivity index (χ4v) is 2.30. The summed E-state index contributed by atoms with van der Waals surface area (Å²) in [5.74, 6) is 1.49. The van der Waals surface area contributed by atoms with Crippen LogP contribution in [0.2, 0.25) is 0 Å². The van der Waals surface area contributed by atoms with Crippen molar-refractivity contribution in [1.29, 1.82) is 0 Å². The Bertz CT molecular complexity index is 520. The van der Waals surface area contributed by atoms with Gasteiger partial charge in [-0.05, 0) is 23.6 Å². The van der Waals surface area contributed by atoms with E-state index in [0.29, 0.717) is 12.5 Å². The van der Waals surface area contributed by atoms with Gasteiger partial charge in [0.1, 0.15) is 11.5 Å². The number of phenolic OH excluding ortho intramolecular Hbond substituents is 1. The fraction of sp³-hybridized carbons (Fsp3) is 0.200. The van der Waals surface area contributed by atoms with Gasteiger partial charge < -0.3 is 9.84 Å². The predicted octanol–water partition coefficient (Wildman–Crippen LogP) is 3.11. The number of ether oxygens (including phenoxy) is 1. The molecule has 0 bridgehead atoms. The lowest BCUT2D eigenvalue weighted by Gasteiger charge is -2.25. The van der Waals surface area contributed by atoms with Crippen molar-refractivity contribution in [3.05, 3.63) is 59.7 Å². The Morgan fingerprint density at radius 1 is 1.06 bits per heavy atom. The quantitative estimate of drug-likeness (QED) is 0.809. The molecule has 1 atom stereocenters. The van der Waals surface area contributed by atoms with E-state index in [-0.39, 0.29) is 5.75 Å². The number of phenols is 1. The molecule has 0 amide bonds. The maximum Gasteiger partial charge on any atom is 0.126 e. The first-order valence-electron chi connectivity index (χ1n) is 5.82. The molecule has 0 aromatic heterocycles. The summed E-state index contributed by atoms with van der Waals surface area (Å²) >= 11 is 0. The molecule has 0 unspecified atom stereocenters. The SMILES string of the molecule is Oc1ccc2c(c1)OC[C@H](c1ccccc1)C2. The summed E-state index contributed by atoms with van der Waals surface area (Å²) in [6.07, 6.45) is 0.972. The zero-order valence-electron chi connectivity index (χ0n) is 9.47. The van der Waals surface area contributed by atoms with Crippen LogP contribution in [-0.2, 0) is 6.42 Å². The van der Waals surface area contributed by atoms with Gasteiger partial charge >= 0.3 is 0 Å². The molecule has 3 rings (SSSR count). The molecule has 1 aliphatic rings. The highest BCUT2D eigenvalue weighted by atomic mass is 16.5. The van der Waals surface area contributed by atoms with E-state index in [1.807, 2.05) is 12.1 Å². The minimum absolute atomic E-state index is 0.266. The van der Waals surface area contributed by atoms with Gasteiger partial charge in [-0.25, -0.2) is 0 Å². The monoisotopic (exact) mass is 226 g/mol. The van der Waals surface area contributed by atoms with E-state index in [1.54, 1.807) is 12.1 Å². The largest absolute Gasteiger partial charge is 0.508 e. The average molecular weight is 226 g/mol. The first-order chi connectivity index (χ1) is 8.33. The molecule has 0 radical (unpaired) electrons. The first kappa shape index (κ1) is 10.2. The number of hydrogen-bond acceptors (Lipinski definition) is 2. The third-order valence-electron chi connectivity index (χ3n) is 3.23. The molecular weight excluding hydrogens is 212 g/mol. The standard InChI is InChI=1S/C15H14O2/c16-14-7-6-12-8-13(10-17-15(12)9-14)11-4-2-1-3-5-11/h1-7,9,13,16H,8,10H2/t13-/m1/s1. The van der Waals surface area contributed by atoms with Crippen LogP contribution in [0, 0.1) is 0 Å². The van der Waals surface area contributed by atoms with E-state index in [9.17, 15) is 5.11 Å². The summed E-state index contributed by atoms with van der Waals surface area (Å²) in [5, 5.41) is 9.39. The van der Waals surface area contributed by atoms with Crippen LogP contribution in [0.3, 0.4) is 0 Å². The van der Waals surface area contributed by atoms with Crippen LogP contribution >= 0.6 is 0 Å². The second-order valence-corrected chi connectivity index (χ2v) is 4.41. The molecule has 86 valence electrons. The number of fused-ring (bicyclic) bond motifs is 1. The Morgan fingerprint density at radius 2 is 1.88 bits per heavy atom. The Morgan fingerprint density at radius 3 is 2.71 bits per heavy atom. The minimum Gasteiger partial charge on any atom is -0.508 e. The normalized spacial score (nSPS) is 18.2. The lowest BCUT2D eigenvalue weighted by molar-refractivity contribution is 0.261. The molecular formula is C15H14O2. The summed E-state index contributed by atoms with van der Waals surface area (Å²) in [6.45, 7) is 0.681. The molecule has 1 N–H and O–H groups in total. The van der Waals surface area contributed by atoms with E-state index < -0.39 is 0 Å². The van der Waals surface area contributed by atoms with Gasteiger partial charge in [0.15, 0.2) is 0 Å². The van der Waals surface area contributed by atoms with Crippen molar-refractivity contribution in [1.82, 2.24) is 0 Å². The molecule has 0 fully saturated rings. The summed E-state index contributed by atoms with van der Waals surface area (Å²) in [7, 11) is 0. The van der Waals surface area contributed by atoms with Crippen LogP contribution in [0.4, 0.5) is 0 Å². The lowest BCUT2D eigenvalue weighted by atomic mass is 9.90. The zero-order chi connectivity index (χ0) is 11.7. The first-order valence-corrected chi connectivity index (χ1v) is 5.82. The van der Waals surface area contributed by atoms with E-state index in [1.165, 1.54) is 11.1 Å². The third-order valence-corrected chi connectivity index (χ3v) is 3.23. The number of rotatable bonds is 1. The molecule has 1 heterocycles. The molecule has 2 aromatic carbocycles. The van der Waals surface area contributed by atoms with Crippen molar-refractivity contribution in [2.24, 2.45) is 0 Å². The Kier molecular flexibility index (Phi) is 2.48. The fourth-order valence-electron chi connectivity index (χ4n) is 2.30. The van der Waals surface area contributed by atoms with Gasteiger partial charge in [-0.2, -0.15) is 0 Å². The molecule has 2 heteroatoms. The highest BCUT2D eigenvalue weighted by Crippen LogP contribution is 2.34. The second-order valence-electron chi connectivity index (χ2n) is 4.41. The van der Waals surface area contributed by atoms with Crippen molar-refractivity contribution in [2.45, 2.75) is 12.3 Å². The molecule has 17 heavy (non-hydrogen) atoms. The van der Waals surface area contributed by atoms with Gasteiger partial charge in [-0.3, -0.25) is 0 Å². The minimum atomic E-state index is 0.266. The molecule has 0 spiro atoms. The zero-order valence-corrected chi connectivity index (χ0v) is 9.47. The van der Waals surface area contributed by atoms with E-state index in [2.05, 4.69) is 24.3 Å². The molecule has 0 saturated carbocycles. The molecule has 2 aromatic rings. The topological polar surface area (TPSA) is 29.5 Å². The van der Waals surface area contributed by atoms with Crippen molar-refractivity contribution < 1.29 is 9.84 Å². The number of aromatic hydroxyl groups is 1. The van der Waals surface area contributed by atoms with Gasteiger partial charge in [0.05, 0.1) is 6.61 Å². The highest BCUT2D eigenvalue weighted by Gasteiger charge is 2.21.